The summed E-state index contributed by atoms with van der Waals surface area (Å²) < 4.78 is 1.57. The summed E-state index contributed by atoms with van der Waals surface area (Å²) in [5.41, 5.74) is 6.50. The van der Waals surface area contributed by atoms with Gasteiger partial charge in [0.2, 0.25) is 0 Å². The fourth-order valence-electron chi connectivity index (χ4n) is 1.39. The highest BCUT2D eigenvalue weighted by molar-refractivity contribution is 7.10. The number of hydrogen-bond donors (Lipinski definition) is 1. The van der Waals surface area contributed by atoms with Gasteiger partial charge in [-0.15, -0.1) is 16.4 Å². The maximum Gasteiger partial charge on any atom is 0.160 e. The van der Waals surface area contributed by atoms with Crippen LogP contribution in [0.4, 0.5) is 0 Å². The first-order valence-corrected chi connectivity index (χ1v) is 5.71. The lowest BCUT2D eigenvalue weighted by Gasteiger charge is -2.06. The molecule has 2 aromatic heterocycles. The number of ketones is 1. The van der Waals surface area contributed by atoms with Crippen LogP contribution in [0.1, 0.15) is 16.6 Å². The lowest BCUT2D eigenvalue weighted by atomic mass is 10.1. The number of hydrogen-bond acceptors (Lipinski definition) is 5. The Bertz CT molecular complexity index is 477. The van der Waals surface area contributed by atoms with Crippen molar-refractivity contribution in [1.82, 2.24) is 15.0 Å². The Kier molecular flexibility index (Phi) is 3.12. The van der Waals surface area contributed by atoms with E-state index >= 15 is 0 Å². The molecule has 0 bridgehead atoms. The zero-order chi connectivity index (χ0) is 11.5. The van der Waals surface area contributed by atoms with Gasteiger partial charge in [-0.2, -0.15) is 0 Å². The molecule has 0 aliphatic heterocycles. The van der Waals surface area contributed by atoms with E-state index in [4.69, 9.17) is 5.73 Å². The van der Waals surface area contributed by atoms with Gasteiger partial charge in [0, 0.05) is 18.1 Å². The summed E-state index contributed by atoms with van der Waals surface area (Å²) in [7, 11) is 1.76. The summed E-state index contributed by atoms with van der Waals surface area (Å²) in [6.07, 6.45) is 1.95. The first-order chi connectivity index (χ1) is 7.66. The number of Topliss-reactive ketones (excluding diaryl/α,β-unsaturated/α-hetero) is 1. The van der Waals surface area contributed by atoms with Crippen molar-refractivity contribution in [3.05, 3.63) is 34.3 Å². The smallest absolute Gasteiger partial charge is 0.160 e. The molecule has 0 spiro atoms. The third-order valence-corrected chi connectivity index (χ3v) is 3.16. The van der Waals surface area contributed by atoms with E-state index in [1.807, 2.05) is 17.5 Å². The van der Waals surface area contributed by atoms with Gasteiger partial charge < -0.3 is 5.73 Å². The van der Waals surface area contributed by atoms with E-state index in [1.165, 1.54) is 11.3 Å². The molecule has 1 unspecified atom stereocenters. The number of aryl methyl sites for hydroxylation is 1. The second kappa shape index (κ2) is 4.54. The molecule has 5 nitrogen and oxygen atoms in total. The molecule has 2 heterocycles. The van der Waals surface area contributed by atoms with Gasteiger partial charge in [-0.3, -0.25) is 9.48 Å². The van der Waals surface area contributed by atoms with E-state index in [0.29, 0.717) is 5.69 Å². The molecule has 0 amide bonds. The first-order valence-electron chi connectivity index (χ1n) is 4.83. The molecule has 0 saturated heterocycles. The zero-order valence-corrected chi connectivity index (χ0v) is 9.65. The van der Waals surface area contributed by atoms with Crippen LogP contribution in [0.3, 0.4) is 0 Å². The number of nitrogens with zero attached hydrogens (tertiary/aromatic N) is 3. The third kappa shape index (κ3) is 2.34. The number of carbonyl (C=O) groups is 1. The minimum atomic E-state index is -0.554. The minimum absolute atomic E-state index is 0.0389. The number of rotatable bonds is 4. The lowest BCUT2D eigenvalue weighted by molar-refractivity contribution is -0.119. The van der Waals surface area contributed by atoms with Crippen molar-refractivity contribution in [3.8, 4) is 0 Å². The Morgan fingerprint density at radius 3 is 3.06 bits per heavy atom. The van der Waals surface area contributed by atoms with E-state index < -0.39 is 6.04 Å². The fourth-order valence-corrected chi connectivity index (χ4v) is 2.14. The molecule has 0 aromatic carbocycles. The van der Waals surface area contributed by atoms with Crippen LogP contribution in [0.15, 0.2) is 23.7 Å². The standard InChI is InChI=1S/C10H12N4OS/c1-14-6-7(12-13-14)5-8(15)10(11)9-3-2-4-16-9/h2-4,6,10H,5,11H2,1H3. The third-order valence-electron chi connectivity index (χ3n) is 2.20. The zero-order valence-electron chi connectivity index (χ0n) is 8.83. The number of aromatic nitrogens is 3. The van der Waals surface area contributed by atoms with Crippen LogP contribution in [-0.4, -0.2) is 20.8 Å². The molecule has 16 heavy (non-hydrogen) atoms. The van der Waals surface area contributed by atoms with Crippen LogP contribution in [0.5, 0.6) is 0 Å². The Morgan fingerprint density at radius 2 is 2.50 bits per heavy atom. The molecule has 84 valence electrons. The van der Waals surface area contributed by atoms with Gasteiger partial charge in [0.05, 0.1) is 18.2 Å². The molecule has 1 atom stereocenters. The van der Waals surface area contributed by atoms with Crippen molar-refractivity contribution in [3.63, 3.8) is 0 Å². The Hall–Kier alpha value is -1.53. The van der Waals surface area contributed by atoms with E-state index in [9.17, 15) is 4.79 Å². The second-order valence-electron chi connectivity index (χ2n) is 3.52. The van der Waals surface area contributed by atoms with Crippen molar-refractivity contribution in [1.29, 1.82) is 0 Å². The summed E-state index contributed by atoms with van der Waals surface area (Å²) >= 11 is 1.49. The van der Waals surface area contributed by atoms with Gasteiger partial charge in [-0.1, -0.05) is 11.3 Å². The van der Waals surface area contributed by atoms with Crippen molar-refractivity contribution < 1.29 is 4.79 Å². The highest BCUT2D eigenvalue weighted by Crippen LogP contribution is 2.18. The number of thiophene rings is 1. The summed E-state index contributed by atoms with van der Waals surface area (Å²) in [6, 6.07) is 3.20. The quantitative estimate of drug-likeness (QED) is 0.847. The van der Waals surface area contributed by atoms with E-state index in [-0.39, 0.29) is 12.2 Å². The van der Waals surface area contributed by atoms with Crippen LogP contribution in [0, 0.1) is 0 Å². The first kappa shape index (κ1) is 11.0. The van der Waals surface area contributed by atoms with E-state index in [2.05, 4.69) is 10.3 Å². The van der Waals surface area contributed by atoms with Crippen LogP contribution in [0.2, 0.25) is 0 Å². The summed E-state index contributed by atoms with van der Waals surface area (Å²) in [6.45, 7) is 0. The highest BCUT2D eigenvalue weighted by Gasteiger charge is 2.18. The lowest BCUT2D eigenvalue weighted by Crippen LogP contribution is -2.22. The predicted octanol–water partition coefficient (Wildman–Crippen LogP) is 0.688. The van der Waals surface area contributed by atoms with Crippen molar-refractivity contribution in [2.24, 2.45) is 12.8 Å². The molecule has 2 aromatic rings. The molecule has 0 saturated carbocycles. The van der Waals surface area contributed by atoms with Gasteiger partial charge in [0.1, 0.15) is 0 Å². The topological polar surface area (TPSA) is 73.8 Å². The van der Waals surface area contributed by atoms with Crippen molar-refractivity contribution >= 4 is 17.1 Å². The Labute approximate surface area is 96.9 Å². The summed E-state index contributed by atoms with van der Waals surface area (Å²) in [4.78, 5) is 12.7. The molecule has 0 fully saturated rings. The SMILES string of the molecule is Cn1cc(CC(=O)C(N)c2cccs2)nn1. The molecule has 2 rings (SSSR count). The van der Waals surface area contributed by atoms with Gasteiger partial charge in [-0.05, 0) is 11.4 Å². The maximum absolute atomic E-state index is 11.8. The minimum Gasteiger partial charge on any atom is -0.317 e. The highest BCUT2D eigenvalue weighted by atomic mass is 32.1. The summed E-state index contributed by atoms with van der Waals surface area (Å²) in [5.74, 6) is -0.0389. The predicted molar refractivity (Wildman–Crippen MR) is 61.0 cm³/mol. The average Bonchev–Trinajstić information content (AvgIpc) is 2.88. The molecular formula is C10H12N4OS. The molecule has 0 radical (unpaired) electrons. The average molecular weight is 236 g/mol. The normalized spacial score (nSPS) is 12.6. The van der Waals surface area contributed by atoms with Crippen LogP contribution in [0.25, 0.3) is 0 Å². The maximum atomic E-state index is 11.8. The van der Waals surface area contributed by atoms with E-state index in [1.54, 1.807) is 17.9 Å². The largest absolute Gasteiger partial charge is 0.317 e. The number of nitrogens with two attached hydrogens (primary N) is 1. The number of carbonyl (C=O) groups excluding carboxylic acids is 1. The van der Waals surface area contributed by atoms with Crippen LogP contribution < -0.4 is 5.73 Å². The molecule has 6 heteroatoms. The van der Waals surface area contributed by atoms with Crippen LogP contribution >= 0.6 is 11.3 Å². The van der Waals surface area contributed by atoms with Gasteiger partial charge in [0.25, 0.3) is 0 Å². The van der Waals surface area contributed by atoms with Crippen molar-refractivity contribution in [2.75, 3.05) is 0 Å². The van der Waals surface area contributed by atoms with Gasteiger partial charge in [0.15, 0.2) is 5.78 Å². The molecule has 2 N–H and O–H groups in total. The monoisotopic (exact) mass is 236 g/mol. The van der Waals surface area contributed by atoms with E-state index in [0.717, 1.165) is 4.88 Å². The Balaban J connectivity index is 2.03. The van der Waals surface area contributed by atoms with Gasteiger partial charge >= 0.3 is 0 Å². The second-order valence-corrected chi connectivity index (χ2v) is 4.50. The van der Waals surface area contributed by atoms with Gasteiger partial charge in [-0.25, -0.2) is 0 Å². The van der Waals surface area contributed by atoms with Crippen molar-refractivity contribution in [2.45, 2.75) is 12.5 Å². The van der Waals surface area contributed by atoms with Crippen LogP contribution in [-0.2, 0) is 18.3 Å². The summed E-state index contributed by atoms with van der Waals surface area (Å²) in [5, 5.41) is 9.53. The molecule has 0 aliphatic carbocycles. The fraction of sp³-hybridized carbons (Fsp3) is 0.300. The molecule has 0 aliphatic rings. The Morgan fingerprint density at radius 1 is 1.69 bits per heavy atom. The molecular weight excluding hydrogens is 224 g/mol.